The molecule has 0 radical (unpaired) electrons. The Morgan fingerprint density at radius 2 is 1.94 bits per heavy atom. The summed E-state index contributed by atoms with van der Waals surface area (Å²) >= 11 is 0. The van der Waals surface area contributed by atoms with E-state index in [4.69, 9.17) is 11.5 Å². The van der Waals surface area contributed by atoms with Gasteiger partial charge in [0.15, 0.2) is 23.1 Å². The standard InChI is InChI=1S/C9H8F2N6/c10-4-2-1-3-5(6(4)11)14-15-7-8(12)16-17-9(7)13/h1-3H,(H5,12,13,16,17). The van der Waals surface area contributed by atoms with Gasteiger partial charge in [0.1, 0.15) is 11.5 Å². The highest BCUT2D eigenvalue weighted by molar-refractivity contribution is 5.70. The number of nitrogens with one attached hydrogen (secondary N) is 1. The number of azo groups is 1. The minimum Gasteiger partial charge on any atom is -0.382 e. The van der Waals surface area contributed by atoms with E-state index in [1.165, 1.54) is 12.1 Å². The molecule has 88 valence electrons. The van der Waals surface area contributed by atoms with Crippen molar-refractivity contribution in [2.75, 3.05) is 11.5 Å². The Bertz CT molecular complexity index is 557. The van der Waals surface area contributed by atoms with Crippen LogP contribution in [0.25, 0.3) is 0 Å². The van der Waals surface area contributed by atoms with Crippen molar-refractivity contribution in [2.45, 2.75) is 0 Å². The molecule has 0 aliphatic rings. The Labute approximate surface area is 94.3 Å². The lowest BCUT2D eigenvalue weighted by Gasteiger charge is -1.96. The third kappa shape index (κ3) is 2.05. The Morgan fingerprint density at radius 1 is 1.18 bits per heavy atom. The Balaban J connectivity index is 2.36. The van der Waals surface area contributed by atoms with Crippen molar-refractivity contribution in [3.05, 3.63) is 29.8 Å². The minimum absolute atomic E-state index is 0.0306. The maximum Gasteiger partial charge on any atom is 0.186 e. The van der Waals surface area contributed by atoms with Gasteiger partial charge in [-0.1, -0.05) is 6.07 Å². The molecule has 0 aliphatic carbocycles. The number of anilines is 2. The predicted octanol–water partition coefficient (Wildman–Crippen LogP) is 2.27. The second-order valence-electron chi connectivity index (χ2n) is 3.14. The Hall–Kier alpha value is -2.51. The zero-order valence-corrected chi connectivity index (χ0v) is 8.48. The van der Waals surface area contributed by atoms with Crippen molar-refractivity contribution in [3.63, 3.8) is 0 Å². The molecular weight excluding hydrogens is 230 g/mol. The molecule has 1 aromatic heterocycles. The average Bonchev–Trinajstić information content (AvgIpc) is 2.62. The summed E-state index contributed by atoms with van der Waals surface area (Å²) in [4.78, 5) is 0. The fourth-order valence-electron chi connectivity index (χ4n) is 1.14. The van der Waals surface area contributed by atoms with Gasteiger partial charge in [-0.2, -0.15) is 5.10 Å². The van der Waals surface area contributed by atoms with Crippen molar-refractivity contribution >= 4 is 23.0 Å². The van der Waals surface area contributed by atoms with Crippen LogP contribution in [-0.4, -0.2) is 10.2 Å². The van der Waals surface area contributed by atoms with Crippen LogP contribution >= 0.6 is 0 Å². The molecule has 2 aromatic rings. The van der Waals surface area contributed by atoms with Crippen LogP contribution in [0.5, 0.6) is 0 Å². The van der Waals surface area contributed by atoms with E-state index < -0.39 is 11.6 Å². The van der Waals surface area contributed by atoms with Gasteiger partial charge in [0.25, 0.3) is 0 Å². The molecule has 1 aromatic carbocycles. The molecule has 8 heteroatoms. The van der Waals surface area contributed by atoms with Crippen LogP contribution in [0.4, 0.5) is 31.8 Å². The number of rotatable bonds is 2. The molecule has 0 unspecified atom stereocenters. The number of aromatic nitrogens is 2. The summed E-state index contributed by atoms with van der Waals surface area (Å²) in [5, 5.41) is 13.1. The number of benzene rings is 1. The molecule has 0 amide bonds. The number of hydrogen-bond acceptors (Lipinski definition) is 5. The van der Waals surface area contributed by atoms with Crippen LogP contribution in [0.2, 0.25) is 0 Å². The van der Waals surface area contributed by atoms with E-state index in [2.05, 4.69) is 20.4 Å². The number of halogens is 2. The largest absolute Gasteiger partial charge is 0.382 e. The quantitative estimate of drug-likeness (QED) is 0.698. The summed E-state index contributed by atoms with van der Waals surface area (Å²) < 4.78 is 26.1. The van der Waals surface area contributed by atoms with Crippen LogP contribution in [0.1, 0.15) is 0 Å². The molecule has 2 rings (SSSR count). The van der Waals surface area contributed by atoms with Gasteiger partial charge >= 0.3 is 0 Å². The second kappa shape index (κ2) is 4.16. The van der Waals surface area contributed by atoms with Gasteiger partial charge in [-0.15, -0.1) is 10.2 Å². The summed E-state index contributed by atoms with van der Waals surface area (Å²) in [5.74, 6) is -1.96. The zero-order chi connectivity index (χ0) is 12.4. The smallest absolute Gasteiger partial charge is 0.186 e. The van der Waals surface area contributed by atoms with Crippen molar-refractivity contribution in [1.29, 1.82) is 0 Å². The molecule has 0 spiro atoms. The van der Waals surface area contributed by atoms with E-state index >= 15 is 0 Å². The zero-order valence-electron chi connectivity index (χ0n) is 8.48. The molecule has 0 aliphatic heterocycles. The third-order valence-electron chi connectivity index (χ3n) is 1.98. The molecule has 0 atom stereocenters. The van der Waals surface area contributed by atoms with Gasteiger partial charge in [0.05, 0.1) is 0 Å². The number of aromatic amines is 1. The molecule has 17 heavy (non-hydrogen) atoms. The summed E-state index contributed by atoms with van der Waals surface area (Å²) in [6.45, 7) is 0. The molecule has 0 bridgehead atoms. The van der Waals surface area contributed by atoms with Crippen molar-refractivity contribution in [3.8, 4) is 0 Å². The lowest BCUT2D eigenvalue weighted by molar-refractivity contribution is 0.510. The first kappa shape index (κ1) is 11.0. The van der Waals surface area contributed by atoms with Crippen molar-refractivity contribution in [1.82, 2.24) is 10.2 Å². The lowest BCUT2D eigenvalue weighted by Crippen LogP contribution is -1.85. The first-order valence-corrected chi connectivity index (χ1v) is 4.54. The average molecular weight is 238 g/mol. The number of hydrogen-bond donors (Lipinski definition) is 3. The predicted molar refractivity (Wildman–Crippen MR) is 57.9 cm³/mol. The molecule has 0 saturated carbocycles. The fourth-order valence-corrected chi connectivity index (χ4v) is 1.14. The van der Waals surface area contributed by atoms with Crippen LogP contribution in [0.3, 0.4) is 0 Å². The Kier molecular flexibility index (Phi) is 2.69. The monoisotopic (exact) mass is 238 g/mol. The van der Waals surface area contributed by atoms with Gasteiger partial charge in [-0.3, -0.25) is 5.10 Å². The molecule has 0 fully saturated rings. The number of nitrogen functional groups attached to an aromatic ring is 2. The highest BCUT2D eigenvalue weighted by Crippen LogP contribution is 2.29. The summed E-state index contributed by atoms with van der Waals surface area (Å²) in [6.07, 6.45) is 0. The first-order chi connectivity index (χ1) is 8.09. The van der Waals surface area contributed by atoms with Crippen LogP contribution in [0, 0.1) is 11.6 Å². The van der Waals surface area contributed by atoms with Gasteiger partial charge in [0, 0.05) is 0 Å². The maximum atomic E-state index is 13.2. The summed E-state index contributed by atoms with van der Waals surface area (Å²) in [5.41, 5.74) is 10.7. The third-order valence-corrected chi connectivity index (χ3v) is 1.98. The van der Waals surface area contributed by atoms with Gasteiger partial charge in [-0.05, 0) is 12.1 Å². The molecular formula is C9H8F2N6. The topological polar surface area (TPSA) is 105 Å². The molecule has 6 nitrogen and oxygen atoms in total. The molecule has 5 N–H and O–H groups in total. The normalized spacial score (nSPS) is 11.2. The number of nitrogens with two attached hydrogens (primary N) is 2. The van der Waals surface area contributed by atoms with E-state index in [1.807, 2.05) is 0 Å². The summed E-state index contributed by atoms with van der Waals surface area (Å²) in [6, 6.07) is 3.57. The first-order valence-electron chi connectivity index (χ1n) is 4.54. The highest BCUT2D eigenvalue weighted by Gasteiger charge is 2.09. The van der Waals surface area contributed by atoms with Crippen LogP contribution in [-0.2, 0) is 0 Å². The highest BCUT2D eigenvalue weighted by atomic mass is 19.2. The van der Waals surface area contributed by atoms with E-state index in [9.17, 15) is 8.78 Å². The van der Waals surface area contributed by atoms with Crippen LogP contribution in [0.15, 0.2) is 28.4 Å². The van der Waals surface area contributed by atoms with Gasteiger partial charge in [0.2, 0.25) is 0 Å². The lowest BCUT2D eigenvalue weighted by atomic mass is 10.3. The second-order valence-corrected chi connectivity index (χ2v) is 3.14. The van der Waals surface area contributed by atoms with Crippen molar-refractivity contribution in [2.24, 2.45) is 10.2 Å². The number of H-pyrrole nitrogens is 1. The number of nitrogens with zero attached hydrogens (tertiary/aromatic N) is 3. The SMILES string of the molecule is Nc1n[nH]c(N)c1N=Nc1cccc(F)c1F. The van der Waals surface area contributed by atoms with E-state index in [-0.39, 0.29) is 23.0 Å². The van der Waals surface area contributed by atoms with Gasteiger partial charge in [-0.25, -0.2) is 8.78 Å². The minimum atomic E-state index is -1.09. The van der Waals surface area contributed by atoms with Gasteiger partial charge < -0.3 is 11.5 Å². The van der Waals surface area contributed by atoms with E-state index in [0.717, 1.165) is 6.07 Å². The fraction of sp³-hybridized carbons (Fsp3) is 0. The van der Waals surface area contributed by atoms with Crippen molar-refractivity contribution < 1.29 is 8.78 Å². The molecule has 1 heterocycles. The van der Waals surface area contributed by atoms with E-state index in [1.54, 1.807) is 0 Å². The van der Waals surface area contributed by atoms with E-state index in [0.29, 0.717) is 0 Å². The summed E-state index contributed by atoms with van der Waals surface area (Å²) in [7, 11) is 0. The maximum absolute atomic E-state index is 13.2. The Morgan fingerprint density at radius 3 is 2.59 bits per heavy atom. The molecule has 0 saturated heterocycles. The van der Waals surface area contributed by atoms with Crippen LogP contribution < -0.4 is 11.5 Å².